The SMILES string of the molecule is c1cc(C2=NCCS2)co1. The van der Waals surface area contributed by atoms with Gasteiger partial charge in [0, 0.05) is 17.9 Å². The number of rotatable bonds is 1. The van der Waals surface area contributed by atoms with Crippen LogP contribution in [0.5, 0.6) is 0 Å². The van der Waals surface area contributed by atoms with Gasteiger partial charge in [-0.2, -0.15) is 0 Å². The fourth-order valence-corrected chi connectivity index (χ4v) is 1.74. The molecule has 1 aliphatic rings. The molecule has 0 bridgehead atoms. The summed E-state index contributed by atoms with van der Waals surface area (Å²) in [6.45, 7) is 0.950. The summed E-state index contributed by atoms with van der Waals surface area (Å²) in [5.41, 5.74) is 1.11. The van der Waals surface area contributed by atoms with Crippen LogP contribution >= 0.6 is 11.8 Å². The maximum atomic E-state index is 4.93. The van der Waals surface area contributed by atoms with E-state index in [1.54, 1.807) is 24.3 Å². The molecule has 0 N–H and O–H groups in total. The molecular weight excluding hydrogens is 146 g/mol. The van der Waals surface area contributed by atoms with E-state index in [1.807, 2.05) is 6.07 Å². The van der Waals surface area contributed by atoms with Crippen LogP contribution in [0.3, 0.4) is 0 Å². The van der Waals surface area contributed by atoms with Crippen molar-refractivity contribution in [1.29, 1.82) is 0 Å². The highest BCUT2D eigenvalue weighted by molar-refractivity contribution is 8.14. The minimum absolute atomic E-state index is 0.950. The van der Waals surface area contributed by atoms with Crippen molar-refractivity contribution in [2.24, 2.45) is 4.99 Å². The van der Waals surface area contributed by atoms with Crippen LogP contribution in [0, 0.1) is 0 Å². The summed E-state index contributed by atoms with van der Waals surface area (Å²) in [4.78, 5) is 4.30. The first-order valence-electron chi connectivity index (χ1n) is 3.16. The second-order valence-electron chi connectivity index (χ2n) is 2.05. The van der Waals surface area contributed by atoms with Crippen molar-refractivity contribution in [1.82, 2.24) is 0 Å². The highest BCUT2D eigenvalue weighted by atomic mass is 32.2. The van der Waals surface area contributed by atoms with Gasteiger partial charge in [-0.05, 0) is 6.07 Å². The van der Waals surface area contributed by atoms with Crippen LogP contribution in [-0.2, 0) is 0 Å². The lowest BCUT2D eigenvalue weighted by Gasteiger charge is -1.89. The van der Waals surface area contributed by atoms with E-state index in [4.69, 9.17) is 4.42 Å². The van der Waals surface area contributed by atoms with E-state index >= 15 is 0 Å². The zero-order valence-electron chi connectivity index (χ0n) is 5.41. The Morgan fingerprint density at radius 1 is 1.60 bits per heavy atom. The fourth-order valence-electron chi connectivity index (χ4n) is 0.896. The van der Waals surface area contributed by atoms with Gasteiger partial charge in [-0.25, -0.2) is 0 Å². The second-order valence-corrected chi connectivity index (χ2v) is 3.13. The van der Waals surface area contributed by atoms with Crippen LogP contribution < -0.4 is 0 Å². The van der Waals surface area contributed by atoms with Crippen molar-refractivity contribution in [2.75, 3.05) is 12.3 Å². The Balaban J connectivity index is 2.28. The Labute approximate surface area is 63.3 Å². The van der Waals surface area contributed by atoms with E-state index in [2.05, 4.69) is 4.99 Å². The first kappa shape index (κ1) is 6.04. The third-order valence-electron chi connectivity index (χ3n) is 1.35. The zero-order valence-corrected chi connectivity index (χ0v) is 6.23. The Morgan fingerprint density at radius 3 is 3.20 bits per heavy atom. The Bertz CT molecular complexity index is 240. The molecule has 0 saturated carbocycles. The van der Waals surface area contributed by atoms with Gasteiger partial charge in [-0.1, -0.05) is 0 Å². The molecule has 0 amide bonds. The molecule has 0 aliphatic carbocycles. The molecule has 52 valence electrons. The highest BCUT2D eigenvalue weighted by Gasteiger charge is 2.09. The third-order valence-corrected chi connectivity index (χ3v) is 2.38. The van der Waals surface area contributed by atoms with Crippen molar-refractivity contribution in [3.63, 3.8) is 0 Å². The normalized spacial score (nSPS) is 17.4. The Morgan fingerprint density at radius 2 is 2.60 bits per heavy atom. The van der Waals surface area contributed by atoms with Crippen LogP contribution in [0.4, 0.5) is 0 Å². The van der Waals surface area contributed by atoms with Crippen molar-refractivity contribution in [3.8, 4) is 0 Å². The van der Waals surface area contributed by atoms with Gasteiger partial charge in [0.2, 0.25) is 0 Å². The summed E-state index contributed by atoms with van der Waals surface area (Å²) in [6, 6.07) is 1.94. The van der Waals surface area contributed by atoms with Crippen LogP contribution in [0.1, 0.15) is 5.56 Å². The standard InChI is InChI=1S/C7H7NOS/c1-3-9-5-6(1)7-8-2-4-10-7/h1,3,5H,2,4H2. The summed E-state index contributed by atoms with van der Waals surface area (Å²) in [7, 11) is 0. The van der Waals surface area contributed by atoms with E-state index in [-0.39, 0.29) is 0 Å². The minimum Gasteiger partial charge on any atom is -0.472 e. The monoisotopic (exact) mass is 153 g/mol. The summed E-state index contributed by atoms with van der Waals surface area (Å²) < 4.78 is 4.93. The predicted octanol–water partition coefficient (Wildman–Crippen LogP) is 1.77. The molecule has 0 saturated heterocycles. The highest BCUT2D eigenvalue weighted by Crippen LogP contribution is 2.18. The van der Waals surface area contributed by atoms with Gasteiger partial charge < -0.3 is 4.42 Å². The first-order chi connectivity index (χ1) is 4.97. The average Bonchev–Trinajstić information content (AvgIpc) is 2.59. The maximum absolute atomic E-state index is 4.93. The van der Waals surface area contributed by atoms with Gasteiger partial charge in [0.25, 0.3) is 0 Å². The lowest BCUT2D eigenvalue weighted by Crippen LogP contribution is -1.86. The molecule has 1 aromatic heterocycles. The van der Waals surface area contributed by atoms with Crippen molar-refractivity contribution in [3.05, 3.63) is 24.2 Å². The van der Waals surface area contributed by atoms with Gasteiger partial charge in [-0.15, -0.1) is 11.8 Å². The van der Waals surface area contributed by atoms with Crippen molar-refractivity contribution >= 4 is 16.8 Å². The van der Waals surface area contributed by atoms with E-state index in [0.29, 0.717) is 0 Å². The van der Waals surface area contributed by atoms with Gasteiger partial charge in [0.05, 0.1) is 6.26 Å². The van der Waals surface area contributed by atoms with Crippen LogP contribution in [0.2, 0.25) is 0 Å². The fraction of sp³-hybridized carbons (Fsp3) is 0.286. The lowest BCUT2D eigenvalue weighted by molar-refractivity contribution is 0.567. The average molecular weight is 153 g/mol. The van der Waals surface area contributed by atoms with Crippen LogP contribution in [-0.4, -0.2) is 17.3 Å². The summed E-state index contributed by atoms with van der Waals surface area (Å²) in [5.74, 6) is 1.11. The molecular formula is C7H7NOS. The molecule has 0 aromatic carbocycles. The van der Waals surface area contributed by atoms with E-state index in [0.717, 1.165) is 22.9 Å². The van der Waals surface area contributed by atoms with Gasteiger partial charge in [0.15, 0.2) is 0 Å². The van der Waals surface area contributed by atoms with Crippen LogP contribution in [0.25, 0.3) is 0 Å². The maximum Gasteiger partial charge on any atom is 0.101 e. The molecule has 3 heteroatoms. The van der Waals surface area contributed by atoms with Crippen LogP contribution in [0.15, 0.2) is 28.0 Å². The number of hydrogen-bond acceptors (Lipinski definition) is 3. The van der Waals surface area contributed by atoms with Crippen molar-refractivity contribution in [2.45, 2.75) is 0 Å². The largest absolute Gasteiger partial charge is 0.472 e. The zero-order chi connectivity index (χ0) is 6.81. The molecule has 1 aliphatic heterocycles. The molecule has 0 unspecified atom stereocenters. The lowest BCUT2D eigenvalue weighted by atomic mass is 10.4. The molecule has 2 rings (SSSR count). The molecule has 0 spiro atoms. The van der Waals surface area contributed by atoms with E-state index in [1.165, 1.54) is 0 Å². The minimum atomic E-state index is 0.950. The molecule has 2 heterocycles. The Hall–Kier alpha value is -0.700. The second kappa shape index (κ2) is 2.50. The summed E-state index contributed by atoms with van der Waals surface area (Å²) in [6.07, 6.45) is 3.41. The quantitative estimate of drug-likeness (QED) is 0.614. The molecule has 2 nitrogen and oxygen atoms in total. The predicted molar refractivity (Wildman–Crippen MR) is 42.6 cm³/mol. The van der Waals surface area contributed by atoms with E-state index < -0.39 is 0 Å². The number of furan rings is 1. The number of aliphatic imine (C=N–C) groups is 1. The molecule has 1 aromatic rings. The third kappa shape index (κ3) is 0.968. The summed E-state index contributed by atoms with van der Waals surface area (Å²) >= 11 is 1.79. The molecule has 10 heavy (non-hydrogen) atoms. The topological polar surface area (TPSA) is 25.5 Å². The van der Waals surface area contributed by atoms with Gasteiger partial charge >= 0.3 is 0 Å². The Kier molecular flexibility index (Phi) is 1.51. The number of nitrogens with zero attached hydrogens (tertiary/aromatic N) is 1. The summed E-state index contributed by atoms with van der Waals surface area (Å²) in [5, 5.41) is 1.12. The molecule has 0 radical (unpaired) electrons. The number of thioether (sulfide) groups is 1. The van der Waals surface area contributed by atoms with E-state index in [9.17, 15) is 0 Å². The smallest absolute Gasteiger partial charge is 0.101 e. The van der Waals surface area contributed by atoms with Gasteiger partial charge in [-0.3, -0.25) is 4.99 Å². The number of hydrogen-bond donors (Lipinski definition) is 0. The first-order valence-corrected chi connectivity index (χ1v) is 4.15. The molecule has 0 atom stereocenters. The van der Waals surface area contributed by atoms with Gasteiger partial charge in [0.1, 0.15) is 11.3 Å². The molecule has 0 fully saturated rings. The van der Waals surface area contributed by atoms with Crippen molar-refractivity contribution < 1.29 is 4.42 Å².